The average Bonchev–Trinajstić information content (AvgIpc) is 2.78. The highest BCUT2D eigenvalue weighted by Gasteiger charge is 2.27. The summed E-state index contributed by atoms with van der Waals surface area (Å²) in [6.45, 7) is 8.00. The van der Waals surface area contributed by atoms with E-state index >= 15 is 0 Å². The number of nitrogens with one attached hydrogen (secondary N) is 1. The van der Waals surface area contributed by atoms with Crippen LogP contribution in [0.4, 0.5) is 0 Å². The topological polar surface area (TPSA) is 45.2 Å². The first kappa shape index (κ1) is 15.4. The molecular formula is C15H25N3OS. The standard InChI is InChI=1S/C15H25N3OS/c1-10(2)8-13-14(20-11(3)17-13)15(19)18-7-5-6-12(9-18)16-4/h10,12,16H,5-9H2,1-4H3. The first-order chi connectivity index (χ1) is 9.51. The molecule has 2 rings (SSSR count). The first-order valence-electron chi connectivity index (χ1n) is 7.44. The molecule has 2 heterocycles. The van der Waals surface area contributed by atoms with Gasteiger partial charge in [-0.15, -0.1) is 11.3 Å². The molecule has 1 aliphatic rings. The number of amides is 1. The molecule has 112 valence electrons. The molecule has 1 aliphatic heterocycles. The third-order valence-corrected chi connectivity index (χ3v) is 4.72. The second-order valence-corrected chi connectivity index (χ2v) is 7.19. The number of nitrogens with zero attached hydrogens (tertiary/aromatic N) is 2. The van der Waals surface area contributed by atoms with Gasteiger partial charge in [0.1, 0.15) is 4.88 Å². The summed E-state index contributed by atoms with van der Waals surface area (Å²) >= 11 is 1.54. The van der Waals surface area contributed by atoms with E-state index in [0.717, 1.165) is 47.9 Å². The summed E-state index contributed by atoms with van der Waals surface area (Å²) in [5.74, 6) is 0.695. The van der Waals surface area contributed by atoms with E-state index in [9.17, 15) is 4.79 Å². The van der Waals surface area contributed by atoms with Gasteiger partial charge in [-0.1, -0.05) is 13.8 Å². The molecule has 1 fully saturated rings. The average molecular weight is 295 g/mol. The zero-order valence-electron chi connectivity index (χ0n) is 12.9. The fraction of sp³-hybridized carbons (Fsp3) is 0.733. The molecule has 1 atom stereocenters. The minimum Gasteiger partial charge on any atom is -0.336 e. The van der Waals surface area contributed by atoms with Crippen LogP contribution >= 0.6 is 11.3 Å². The van der Waals surface area contributed by atoms with E-state index < -0.39 is 0 Å². The fourth-order valence-electron chi connectivity index (χ4n) is 2.70. The Balaban J connectivity index is 2.15. The van der Waals surface area contributed by atoms with Crippen LogP contribution in [0, 0.1) is 12.8 Å². The van der Waals surface area contributed by atoms with Crippen molar-refractivity contribution < 1.29 is 4.79 Å². The van der Waals surface area contributed by atoms with Gasteiger partial charge in [0, 0.05) is 19.1 Å². The highest BCUT2D eigenvalue weighted by atomic mass is 32.1. The number of carbonyl (C=O) groups is 1. The molecule has 1 saturated heterocycles. The van der Waals surface area contributed by atoms with Gasteiger partial charge in [-0.2, -0.15) is 0 Å². The minimum absolute atomic E-state index is 0.172. The number of likely N-dealkylation sites (tertiary alicyclic amines) is 1. The molecule has 1 aromatic rings. The second-order valence-electron chi connectivity index (χ2n) is 5.99. The molecule has 5 heteroatoms. The van der Waals surface area contributed by atoms with Gasteiger partial charge in [-0.05, 0) is 39.2 Å². The van der Waals surface area contributed by atoms with Crippen LogP contribution in [-0.2, 0) is 6.42 Å². The lowest BCUT2D eigenvalue weighted by atomic mass is 10.0. The molecule has 1 unspecified atom stereocenters. The molecule has 0 saturated carbocycles. The highest BCUT2D eigenvalue weighted by Crippen LogP contribution is 2.24. The SMILES string of the molecule is CNC1CCCN(C(=O)c2sc(C)nc2CC(C)C)C1. The lowest BCUT2D eigenvalue weighted by Gasteiger charge is -2.32. The largest absolute Gasteiger partial charge is 0.336 e. The van der Waals surface area contributed by atoms with Crippen molar-refractivity contribution in [3.05, 3.63) is 15.6 Å². The Morgan fingerprint density at radius 2 is 2.30 bits per heavy atom. The Kier molecular flexibility index (Phi) is 5.16. The molecular weight excluding hydrogens is 270 g/mol. The van der Waals surface area contributed by atoms with E-state index in [-0.39, 0.29) is 5.91 Å². The second kappa shape index (κ2) is 6.68. The Morgan fingerprint density at radius 1 is 1.55 bits per heavy atom. The molecule has 1 N–H and O–H groups in total. The summed E-state index contributed by atoms with van der Waals surface area (Å²) in [7, 11) is 1.97. The predicted molar refractivity (Wildman–Crippen MR) is 83.4 cm³/mol. The number of thiazole rings is 1. The molecule has 0 aliphatic carbocycles. The van der Waals surface area contributed by atoms with E-state index in [0.29, 0.717) is 12.0 Å². The Labute approximate surface area is 125 Å². The van der Waals surface area contributed by atoms with Crippen molar-refractivity contribution in [2.24, 2.45) is 5.92 Å². The number of aryl methyl sites for hydroxylation is 1. The van der Waals surface area contributed by atoms with Crippen LogP contribution in [0.15, 0.2) is 0 Å². The van der Waals surface area contributed by atoms with Gasteiger partial charge in [-0.25, -0.2) is 4.98 Å². The molecule has 0 spiro atoms. The van der Waals surface area contributed by atoms with Crippen LogP contribution < -0.4 is 5.32 Å². The molecule has 0 aromatic carbocycles. The maximum Gasteiger partial charge on any atom is 0.265 e. The summed E-state index contributed by atoms with van der Waals surface area (Å²) < 4.78 is 0. The molecule has 20 heavy (non-hydrogen) atoms. The van der Waals surface area contributed by atoms with E-state index in [4.69, 9.17) is 0 Å². The lowest BCUT2D eigenvalue weighted by Crippen LogP contribution is -2.47. The maximum absolute atomic E-state index is 12.7. The number of hydrogen-bond acceptors (Lipinski definition) is 4. The van der Waals surface area contributed by atoms with Gasteiger partial charge in [0.05, 0.1) is 10.7 Å². The molecule has 4 nitrogen and oxygen atoms in total. The molecule has 0 bridgehead atoms. The van der Waals surface area contributed by atoms with Crippen LogP contribution in [0.1, 0.15) is 47.1 Å². The van der Waals surface area contributed by atoms with Gasteiger partial charge < -0.3 is 10.2 Å². The predicted octanol–water partition coefficient (Wildman–Crippen LogP) is 2.47. The first-order valence-corrected chi connectivity index (χ1v) is 8.25. The monoisotopic (exact) mass is 295 g/mol. The normalized spacial score (nSPS) is 19.6. The molecule has 1 amide bonds. The van der Waals surface area contributed by atoms with Crippen molar-refractivity contribution in [2.45, 2.75) is 46.1 Å². The van der Waals surface area contributed by atoms with Gasteiger partial charge in [0.15, 0.2) is 0 Å². The van der Waals surface area contributed by atoms with E-state index in [1.54, 1.807) is 11.3 Å². The quantitative estimate of drug-likeness (QED) is 0.928. The number of piperidine rings is 1. The van der Waals surface area contributed by atoms with Crippen LogP contribution in [-0.4, -0.2) is 42.0 Å². The van der Waals surface area contributed by atoms with Crippen LogP contribution in [0.3, 0.4) is 0 Å². The Morgan fingerprint density at radius 3 is 2.95 bits per heavy atom. The van der Waals surface area contributed by atoms with Crippen LogP contribution in [0.5, 0.6) is 0 Å². The van der Waals surface area contributed by atoms with Crippen molar-refractivity contribution in [3.63, 3.8) is 0 Å². The third-order valence-electron chi connectivity index (χ3n) is 3.72. The Bertz CT molecular complexity index is 470. The van der Waals surface area contributed by atoms with Crippen molar-refractivity contribution in [2.75, 3.05) is 20.1 Å². The summed E-state index contributed by atoms with van der Waals surface area (Å²) in [5.41, 5.74) is 0.985. The Hall–Kier alpha value is -0.940. The summed E-state index contributed by atoms with van der Waals surface area (Å²) in [5, 5.41) is 4.28. The maximum atomic E-state index is 12.7. The summed E-state index contributed by atoms with van der Waals surface area (Å²) in [6.07, 6.45) is 3.12. The number of likely N-dealkylation sites (N-methyl/N-ethyl adjacent to an activating group) is 1. The number of aromatic nitrogens is 1. The van der Waals surface area contributed by atoms with Gasteiger partial charge in [0.25, 0.3) is 5.91 Å². The van der Waals surface area contributed by atoms with E-state index in [2.05, 4.69) is 24.1 Å². The zero-order chi connectivity index (χ0) is 14.7. The van der Waals surface area contributed by atoms with Gasteiger partial charge in [0.2, 0.25) is 0 Å². The molecule has 1 aromatic heterocycles. The van der Waals surface area contributed by atoms with Crippen molar-refractivity contribution >= 4 is 17.2 Å². The smallest absolute Gasteiger partial charge is 0.265 e. The highest BCUT2D eigenvalue weighted by molar-refractivity contribution is 7.13. The van der Waals surface area contributed by atoms with Crippen molar-refractivity contribution in [1.29, 1.82) is 0 Å². The summed E-state index contributed by atoms with van der Waals surface area (Å²) in [6, 6.07) is 0.426. The van der Waals surface area contributed by atoms with Crippen molar-refractivity contribution in [3.8, 4) is 0 Å². The third kappa shape index (κ3) is 3.58. The van der Waals surface area contributed by atoms with Gasteiger partial charge in [-0.3, -0.25) is 4.79 Å². The minimum atomic E-state index is 0.172. The number of carbonyl (C=O) groups excluding carboxylic acids is 1. The van der Waals surface area contributed by atoms with Crippen LogP contribution in [0.2, 0.25) is 0 Å². The van der Waals surface area contributed by atoms with E-state index in [1.807, 2.05) is 18.9 Å². The lowest BCUT2D eigenvalue weighted by molar-refractivity contribution is 0.0701. The van der Waals surface area contributed by atoms with E-state index in [1.165, 1.54) is 0 Å². The van der Waals surface area contributed by atoms with Crippen LogP contribution in [0.25, 0.3) is 0 Å². The zero-order valence-corrected chi connectivity index (χ0v) is 13.7. The number of rotatable bonds is 4. The summed E-state index contributed by atoms with van der Waals surface area (Å²) in [4.78, 5) is 20.1. The van der Waals surface area contributed by atoms with Crippen molar-refractivity contribution in [1.82, 2.24) is 15.2 Å². The van der Waals surface area contributed by atoms with Gasteiger partial charge >= 0.3 is 0 Å². The number of hydrogen-bond donors (Lipinski definition) is 1. The fourth-order valence-corrected chi connectivity index (χ4v) is 3.62. The molecule has 0 radical (unpaired) electrons.